The zero-order chi connectivity index (χ0) is 27.9. The number of benzene rings is 5. The highest BCUT2D eigenvalue weighted by molar-refractivity contribution is 6.62. The lowest BCUT2D eigenvalue weighted by Crippen LogP contribution is -2.41. The second-order valence-electron chi connectivity index (χ2n) is 12.1. The van der Waals surface area contributed by atoms with E-state index in [4.69, 9.17) is 9.31 Å². The van der Waals surface area contributed by atoms with Gasteiger partial charge >= 0.3 is 7.12 Å². The van der Waals surface area contributed by atoms with Crippen LogP contribution in [0.1, 0.15) is 27.7 Å². The maximum Gasteiger partial charge on any atom is 0.494 e. The summed E-state index contributed by atoms with van der Waals surface area (Å²) >= 11 is 0. The molecule has 7 aromatic rings. The predicted molar refractivity (Wildman–Crippen MR) is 171 cm³/mol. The average Bonchev–Trinajstić information content (AvgIpc) is 3.57. The van der Waals surface area contributed by atoms with Crippen molar-refractivity contribution >= 4 is 56.2 Å². The van der Waals surface area contributed by atoms with Crippen LogP contribution in [-0.4, -0.2) is 27.5 Å². The zero-order valence-electron chi connectivity index (χ0n) is 23.8. The summed E-state index contributed by atoms with van der Waals surface area (Å²) in [6.45, 7) is 8.37. The summed E-state index contributed by atoms with van der Waals surface area (Å²) in [4.78, 5) is 0. The molecule has 0 aliphatic carbocycles. The van der Waals surface area contributed by atoms with Crippen LogP contribution in [0, 0.1) is 0 Å². The Labute approximate surface area is 239 Å². The van der Waals surface area contributed by atoms with E-state index in [0.29, 0.717) is 0 Å². The van der Waals surface area contributed by atoms with E-state index in [9.17, 15) is 0 Å². The summed E-state index contributed by atoms with van der Waals surface area (Å²) in [5.74, 6) is 0. The van der Waals surface area contributed by atoms with Crippen molar-refractivity contribution in [2.45, 2.75) is 38.9 Å². The van der Waals surface area contributed by atoms with E-state index in [2.05, 4.69) is 152 Å². The van der Waals surface area contributed by atoms with Crippen molar-refractivity contribution in [2.75, 3.05) is 0 Å². The van der Waals surface area contributed by atoms with Gasteiger partial charge in [0.05, 0.1) is 33.3 Å². The number of hydrogen-bond acceptors (Lipinski definition) is 2. The number of aromatic nitrogens is 2. The van der Waals surface area contributed by atoms with Crippen molar-refractivity contribution in [1.29, 1.82) is 0 Å². The van der Waals surface area contributed by atoms with Crippen LogP contribution < -0.4 is 5.46 Å². The van der Waals surface area contributed by atoms with Crippen molar-refractivity contribution < 1.29 is 9.31 Å². The fourth-order valence-corrected chi connectivity index (χ4v) is 6.39. The number of fused-ring (bicyclic) bond motifs is 7. The summed E-state index contributed by atoms with van der Waals surface area (Å²) < 4.78 is 17.4. The van der Waals surface area contributed by atoms with Gasteiger partial charge in [0, 0.05) is 32.9 Å². The van der Waals surface area contributed by atoms with Crippen LogP contribution in [0.2, 0.25) is 0 Å². The molecular weight excluding hydrogens is 503 g/mol. The second-order valence-corrected chi connectivity index (χ2v) is 12.1. The minimum Gasteiger partial charge on any atom is -0.399 e. The lowest BCUT2D eigenvalue weighted by molar-refractivity contribution is 0.00578. The molecule has 0 N–H and O–H groups in total. The molecule has 41 heavy (non-hydrogen) atoms. The smallest absolute Gasteiger partial charge is 0.399 e. The largest absolute Gasteiger partial charge is 0.494 e. The Morgan fingerprint density at radius 3 is 1.73 bits per heavy atom. The Hall–Kier alpha value is -4.32. The Balaban J connectivity index is 1.38. The molecule has 1 saturated heterocycles. The monoisotopic (exact) mass is 534 g/mol. The fraction of sp³-hybridized carbons (Fsp3) is 0.167. The molecule has 5 aromatic carbocycles. The van der Waals surface area contributed by atoms with Gasteiger partial charge in [-0.1, -0.05) is 72.8 Å². The van der Waals surface area contributed by atoms with Gasteiger partial charge in [0.2, 0.25) is 0 Å². The molecule has 0 bridgehead atoms. The molecule has 2 aromatic heterocycles. The minimum absolute atomic E-state index is 0.369. The van der Waals surface area contributed by atoms with E-state index >= 15 is 0 Å². The van der Waals surface area contributed by atoms with E-state index in [-0.39, 0.29) is 18.3 Å². The highest BCUT2D eigenvalue weighted by atomic mass is 16.7. The molecule has 0 saturated carbocycles. The predicted octanol–water partition coefficient (Wildman–Crippen LogP) is 8.18. The van der Waals surface area contributed by atoms with Crippen LogP contribution in [0.15, 0.2) is 115 Å². The molecule has 0 unspecified atom stereocenters. The number of nitrogens with zero attached hydrogens (tertiary/aromatic N) is 2. The SMILES string of the molecule is CC1(C)OB(c2ccc(-n3c4ccccc4c4c3ccc3c5ccccc5n(-c5ccccc5)c34)cc2)OC1(C)C. The molecule has 5 heteroatoms. The second kappa shape index (κ2) is 8.59. The number of rotatable bonds is 3. The van der Waals surface area contributed by atoms with Gasteiger partial charge in [0.1, 0.15) is 0 Å². The van der Waals surface area contributed by atoms with E-state index in [1.807, 2.05) is 0 Å². The van der Waals surface area contributed by atoms with Crippen LogP contribution in [0.3, 0.4) is 0 Å². The van der Waals surface area contributed by atoms with Crippen molar-refractivity contribution in [2.24, 2.45) is 0 Å². The third-order valence-corrected chi connectivity index (χ3v) is 9.16. The summed E-state index contributed by atoms with van der Waals surface area (Å²) in [5.41, 5.74) is 7.37. The van der Waals surface area contributed by atoms with Gasteiger partial charge in [0.25, 0.3) is 0 Å². The Morgan fingerprint density at radius 2 is 1.05 bits per heavy atom. The normalized spacial score (nSPS) is 16.4. The standard InChI is InChI=1S/C36H31BN2O2/c1-35(2)36(3,4)41-37(40-35)24-18-20-26(21-19-24)38-31-17-11-9-15-29(31)33-32(38)23-22-28-27-14-8-10-16-30(27)39(34(28)33)25-12-6-5-7-13-25/h5-23H,1-4H3. The van der Waals surface area contributed by atoms with Gasteiger partial charge in [-0.15, -0.1) is 0 Å². The fourth-order valence-electron chi connectivity index (χ4n) is 6.39. The molecule has 4 nitrogen and oxygen atoms in total. The Morgan fingerprint density at radius 1 is 0.488 bits per heavy atom. The summed E-state index contributed by atoms with van der Waals surface area (Å²) in [7, 11) is -0.381. The van der Waals surface area contributed by atoms with Gasteiger partial charge in [0.15, 0.2) is 0 Å². The molecule has 8 rings (SSSR count). The van der Waals surface area contributed by atoms with Crippen LogP contribution in [0.25, 0.3) is 55.0 Å². The van der Waals surface area contributed by atoms with Crippen LogP contribution in [0.4, 0.5) is 0 Å². The minimum atomic E-state index is -0.381. The third-order valence-electron chi connectivity index (χ3n) is 9.16. The van der Waals surface area contributed by atoms with Crippen LogP contribution in [-0.2, 0) is 9.31 Å². The Kier molecular flexibility index (Phi) is 5.13. The molecule has 1 aliphatic heterocycles. The van der Waals surface area contributed by atoms with E-state index in [0.717, 1.165) is 16.8 Å². The first-order valence-electron chi connectivity index (χ1n) is 14.3. The van der Waals surface area contributed by atoms with Gasteiger partial charge < -0.3 is 18.4 Å². The van der Waals surface area contributed by atoms with Crippen LogP contribution in [0.5, 0.6) is 0 Å². The number of hydrogen-bond donors (Lipinski definition) is 0. The lowest BCUT2D eigenvalue weighted by atomic mass is 9.79. The summed E-state index contributed by atoms with van der Waals surface area (Å²) in [6, 6.07) is 41.3. The molecule has 1 aliphatic rings. The van der Waals surface area contributed by atoms with Crippen molar-refractivity contribution in [3.05, 3.63) is 115 Å². The van der Waals surface area contributed by atoms with E-state index in [1.165, 1.54) is 43.6 Å². The maximum absolute atomic E-state index is 6.32. The molecule has 0 spiro atoms. The molecule has 0 amide bonds. The van der Waals surface area contributed by atoms with Crippen molar-refractivity contribution in [1.82, 2.24) is 9.13 Å². The first kappa shape index (κ1) is 24.5. The van der Waals surface area contributed by atoms with Crippen molar-refractivity contribution in [3.63, 3.8) is 0 Å². The van der Waals surface area contributed by atoms with E-state index in [1.54, 1.807) is 0 Å². The summed E-state index contributed by atoms with van der Waals surface area (Å²) in [5, 5.41) is 5.02. The van der Waals surface area contributed by atoms with Gasteiger partial charge in [-0.05, 0) is 75.6 Å². The van der Waals surface area contributed by atoms with Gasteiger partial charge in [-0.25, -0.2) is 0 Å². The summed E-state index contributed by atoms with van der Waals surface area (Å²) in [6.07, 6.45) is 0. The Bertz CT molecular complexity index is 2090. The van der Waals surface area contributed by atoms with Gasteiger partial charge in [-0.2, -0.15) is 0 Å². The molecular formula is C36H31BN2O2. The van der Waals surface area contributed by atoms with Gasteiger partial charge in [-0.3, -0.25) is 0 Å². The average molecular weight is 534 g/mol. The first-order chi connectivity index (χ1) is 19.8. The molecule has 3 heterocycles. The van der Waals surface area contributed by atoms with Crippen LogP contribution >= 0.6 is 0 Å². The quantitative estimate of drug-likeness (QED) is 0.214. The molecule has 0 radical (unpaired) electrons. The molecule has 200 valence electrons. The third kappa shape index (κ3) is 3.49. The van der Waals surface area contributed by atoms with E-state index < -0.39 is 0 Å². The maximum atomic E-state index is 6.32. The van der Waals surface area contributed by atoms with Crippen molar-refractivity contribution in [3.8, 4) is 11.4 Å². The highest BCUT2D eigenvalue weighted by Crippen LogP contribution is 2.42. The lowest BCUT2D eigenvalue weighted by Gasteiger charge is -2.32. The molecule has 0 atom stereocenters. The first-order valence-corrected chi connectivity index (χ1v) is 14.3. The zero-order valence-corrected chi connectivity index (χ0v) is 23.8. The molecule has 1 fully saturated rings. The highest BCUT2D eigenvalue weighted by Gasteiger charge is 2.51. The number of para-hydroxylation sites is 3. The topological polar surface area (TPSA) is 28.3 Å².